The second-order valence-electron chi connectivity index (χ2n) is 5.24. The first kappa shape index (κ1) is 19.3. The second kappa shape index (κ2) is 8.37. The summed E-state index contributed by atoms with van der Waals surface area (Å²) in [6, 6.07) is 9.97. The van der Waals surface area contributed by atoms with Gasteiger partial charge in [-0.2, -0.15) is 0 Å². The van der Waals surface area contributed by atoms with E-state index >= 15 is 0 Å². The van der Waals surface area contributed by atoms with Gasteiger partial charge in [-0.05, 0) is 42.3 Å². The van der Waals surface area contributed by atoms with Gasteiger partial charge in [-0.1, -0.05) is 19.1 Å². The zero-order chi connectivity index (χ0) is 19.2. The minimum Gasteiger partial charge on any atom is -0.494 e. The van der Waals surface area contributed by atoms with Gasteiger partial charge >= 0.3 is 6.36 Å². The molecule has 0 heterocycles. The average molecular weight is 367 g/mol. The number of amides is 1. The van der Waals surface area contributed by atoms with E-state index in [9.17, 15) is 22.8 Å². The van der Waals surface area contributed by atoms with Gasteiger partial charge < -0.3 is 14.8 Å². The summed E-state index contributed by atoms with van der Waals surface area (Å²) in [5.41, 5.74) is 1.34. The summed E-state index contributed by atoms with van der Waals surface area (Å²) in [6.07, 6.45) is -3.85. The molecule has 0 saturated carbocycles. The highest BCUT2D eigenvalue weighted by Crippen LogP contribution is 2.33. The fourth-order valence-electron chi connectivity index (χ4n) is 2.18. The molecule has 0 aromatic heterocycles. The maximum Gasteiger partial charge on any atom is 0.573 e. The summed E-state index contributed by atoms with van der Waals surface area (Å²) in [7, 11) is 0. The van der Waals surface area contributed by atoms with Crippen molar-refractivity contribution in [2.45, 2.75) is 19.7 Å². The lowest BCUT2D eigenvalue weighted by Crippen LogP contribution is -2.17. The quantitative estimate of drug-likeness (QED) is 0.589. The van der Waals surface area contributed by atoms with Gasteiger partial charge in [-0.15, -0.1) is 13.2 Å². The van der Waals surface area contributed by atoms with Crippen LogP contribution in [0.5, 0.6) is 11.5 Å². The molecule has 2 aromatic rings. The molecule has 1 N–H and O–H groups in total. The summed E-state index contributed by atoms with van der Waals surface area (Å²) in [4.78, 5) is 22.0. The van der Waals surface area contributed by atoms with Gasteiger partial charge in [0.2, 0.25) is 6.29 Å². The molecule has 0 aliphatic carbocycles. The molecule has 26 heavy (non-hydrogen) atoms. The molecule has 0 radical (unpaired) electrons. The Balaban J connectivity index is 2.36. The number of benzene rings is 2. The van der Waals surface area contributed by atoms with Crippen LogP contribution in [0.1, 0.15) is 13.3 Å². The number of nitrogens with one attached hydrogen (secondary N) is 1. The molecule has 0 aliphatic rings. The highest BCUT2D eigenvalue weighted by molar-refractivity contribution is 6.30. The fourth-order valence-corrected chi connectivity index (χ4v) is 2.18. The number of hydrogen-bond acceptors (Lipinski definition) is 4. The van der Waals surface area contributed by atoms with Crippen molar-refractivity contribution in [1.82, 2.24) is 0 Å². The van der Waals surface area contributed by atoms with Gasteiger partial charge in [0.25, 0.3) is 5.91 Å². The van der Waals surface area contributed by atoms with Gasteiger partial charge in [-0.25, -0.2) is 0 Å². The molecule has 8 heteroatoms. The molecule has 2 rings (SSSR count). The Labute approximate surface area is 147 Å². The Kier molecular flexibility index (Phi) is 6.21. The first-order chi connectivity index (χ1) is 12.3. The van der Waals surface area contributed by atoms with E-state index in [1.54, 1.807) is 18.2 Å². The van der Waals surface area contributed by atoms with Crippen LogP contribution in [0.3, 0.4) is 0 Å². The molecule has 0 spiro atoms. The van der Waals surface area contributed by atoms with Gasteiger partial charge in [0.1, 0.15) is 11.5 Å². The SMILES string of the molecule is CCCOc1ccc(NC(=O)C=O)c(-c2ccc(OC(F)(F)F)cc2)c1. The monoisotopic (exact) mass is 367 g/mol. The molecule has 2 aromatic carbocycles. The molecule has 138 valence electrons. The zero-order valence-electron chi connectivity index (χ0n) is 13.8. The lowest BCUT2D eigenvalue weighted by Gasteiger charge is -2.14. The maximum atomic E-state index is 12.3. The minimum absolute atomic E-state index is 0.130. The fraction of sp³-hybridized carbons (Fsp3) is 0.222. The van der Waals surface area contributed by atoms with Crippen molar-refractivity contribution in [2.24, 2.45) is 0 Å². The molecule has 1 amide bonds. The normalized spacial score (nSPS) is 10.9. The molecule has 0 saturated heterocycles. The van der Waals surface area contributed by atoms with Crippen LogP contribution in [-0.4, -0.2) is 25.2 Å². The third-order valence-electron chi connectivity index (χ3n) is 3.23. The number of carbonyl (C=O) groups is 2. The second-order valence-corrected chi connectivity index (χ2v) is 5.24. The number of ether oxygens (including phenoxy) is 2. The van der Waals surface area contributed by atoms with Crippen LogP contribution < -0.4 is 14.8 Å². The van der Waals surface area contributed by atoms with E-state index in [0.717, 1.165) is 18.6 Å². The summed E-state index contributed by atoms with van der Waals surface area (Å²) >= 11 is 0. The lowest BCUT2D eigenvalue weighted by molar-refractivity contribution is -0.274. The summed E-state index contributed by atoms with van der Waals surface area (Å²) in [5.74, 6) is -0.676. The van der Waals surface area contributed by atoms with Crippen molar-refractivity contribution in [3.05, 3.63) is 42.5 Å². The van der Waals surface area contributed by atoms with Crippen LogP contribution in [0.15, 0.2) is 42.5 Å². The Morgan fingerprint density at radius 1 is 1.12 bits per heavy atom. The van der Waals surface area contributed by atoms with Crippen LogP contribution in [-0.2, 0) is 9.59 Å². The smallest absolute Gasteiger partial charge is 0.494 e. The Morgan fingerprint density at radius 3 is 2.35 bits per heavy atom. The molecule has 0 unspecified atom stereocenters. The Hall–Kier alpha value is -3.03. The number of aldehydes is 1. The third-order valence-corrected chi connectivity index (χ3v) is 3.23. The van der Waals surface area contributed by atoms with Crippen LogP contribution >= 0.6 is 0 Å². The van der Waals surface area contributed by atoms with Crippen molar-refractivity contribution >= 4 is 17.9 Å². The van der Waals surface area contributed by atoms with Crippen molar-refractivity contribution < 1.29 is 32.2 Å². The van der Waals surface area contributed by atoms with Gasteiger partial charge in [0.05, 0.1) is 6.61 Å². The molecule has 0 bridgehead atoms. The van der Waals surface area contributed by atoms with Gasteiger partial charge in [0.15, 0.2) is 0 Å². The highest BCUT2D eigenvalue weighted by atomic mass is 19.4. The molecular weight excluding hydrogens is 351 g/mol. The zero-order valence-corrected chi connectivity index (χ0v) is 13.8. The predicted molar refractivity (Wildman–Crippen MR) is 89.0 cm³/mol. The third kappa shape index (κ3) is 5.51. The van der Waals surface area contributed by atoms with Crippen molar-refractivity contribution in [2.75, 3.05) is 11.9 Å². The van der Waals surface area contributed by atoms with E-state index in [-0.39, 0.29) is 12.0 Å². The van der Waals surface area contributed by atoms with Crippen LogP contribution in [0.25, 0.3) is 11.1 Å². The topological polar surface area (TPSA) is 64.6 Å². The molecule has 0 atom stereocenters. The van der Waals surface area contributed by atoms with Crippen molar-refractivity contribution in [3.8, 4) is 22.6 Å². The van der Waals surface area contributed by atoms with Crippen molar-refractivity contribution in [1.29, 1.82) is 0 Å². The minimum atomic E-state index is -4.78. The molecule has 0 fully saturated rings. The molecule has 0 aliphatic heterocycles. The van der Waals surface area contributed by atoms with Gasteiger partial charge in [-0.3, -0.25) is 9.59 Å². The van der Waals surface area contributed by atoms with E-state index in [1.807, 2.05) is 6.92 Å². The summed E-state index contributed by atoms with van der Waals surface area (Å²) in [6.45, 7) is 2.43. The van der Waals surface area contributed by atoms with E-state index in [1.165, 1.54) is 12.1 Å². The number of alkyl halides is 3. The molecule has 5 nitrogen and oxygen atoms in total. The number of carbonyl (C=O) groups excluding carboxylic acids is 2. The van der Waals surface area contributed by atoms with E-state index in [4.69, 9.17) is 4.74 Å². The first-order valence-corrected chi connectivity index (χ1v) is 7.71. The predicted octanol–water partition coefficient (Wildman–Crippen LogP) is 4.18. The molecular formula is C18H16F3NO4. The summed E-state index contributed by atoms with van der Waals surface area (Å²) < 4.78 is 46.2. The van der Waals surface area contributed by atoms with E-state index in [2.05, 4.69) is 10.1 Å². The number of hydrogen-bond donors (Lipinski definition) is 1. The summed E-state index contributed by atoms with van der Waals surface area (Å²) in [5, 5.41) is 2.42. The average Bonchev–Trinajstić information content (AvgIpc) is 2.60. The van der Waals surface area contributed by atoms with Crippen LogP contribution in [0, 0.1) is 0 Å². The number of rotatable bonds is 7. The standard InChI is InChI=1S/C18H16F3NO4/c1-2-9-25-14-7-8-16(22-17(24)11-23)15(10-14)12-3-5-13(6-4-12)26-18(19,20)21/h3-8,10-11H,2,9H2,1H3,(H,22,24). The van der Waals surface area contributed by atoms with E-state index < -0.39 is 12.3 Å². The Morgan fingerprint density at radius 2 is 1.77 bits per heavy atom. The number of halogens is 3. The van der Waals surface area contributed by atoms with Crippen molar-refractivity contribution in [3.63, 3.8) is 0 Å². The number of anilines is 1. The maximum absolute atomic E-state index is 12.3. The first-order valence-electron chi connectivity index (χ1n) is 7.71. The Bertz CT molecular complexity index is 773. The van der Waals surface area contributed by atoms with Crippen LogP contribution in [0.2, 0.25) is 0 Å². The lowest BCUT2D eigenvalue weighted by atomic mass is 10.0. The van der Waals surface area contributed by atoms with Gasteiger partial charge in [0, 0.05) is 11.3 Å². The van der Waals surface area contributed by atoms with Crippen LogP contribution in [0.4, 0.5) is 18.9 Å². The van der Waals surface area contributed by atoms with E-state index in [0.29, 0.717) is 29.2 Å². The highest BCUT2D eigenvalue weighted by Gasteiger charge is 2.31. The largest absolute Gasteiger partial charge is 0.573 e.